The summed E-state index contributed by atoms with van der Waals surface area (Å²) < 4.78 is 0. The quantitative estimate of drug-likeness (QED) is 0.872. The molecular formula is C13H17N5. The van der Waals surface area contributed by atoms with Crippen molar-refractivity contribution in [3.05, 3.63) is 35.2 Å². The number of hydrogen-bond acceptors (Lipinski definition) is 4. The Morgan fingerprint density at radius 1 is 1.33 bits per heavy atom. The maximum atomic E-state index is 4.50. The van der Waals surface area contributed by atoms with Gasteiger partial charge in [-0.05, 0) is 55.6 Å². The van der Waals surface area contributed by atoms with Gasteiger partial charge < -0.3 is 5.32 Å². The second kappa shape index (κ2) is 4.49. The molecule has 1 unspecified atom stereocenters. The molecule has 0 radical (unpaired) electrons. The Bertz CT molecular complexity index is 554. The maximum Gasteiger partial charge on any atom is 0.192 e. The number of rotatable bonds is 2. The van der Waals surface area contributed by atoms with Crippen LogP contribution in [0.4, 0.5) is 0 Å². The van der Waals surface area contributed by atoms with E-state index in [4.69, 9.17) is 0 Å². The summed E-state index contributed by atoms with van der Waals surface area (Å²) in [4.78, 5) is 1.64. The number of nitrogens with zero attached hydrogens (tertiary/aromatic N) is 4. The molecule has 1 saturated heterocycles. The molecule has 1 aromatic carbocycles. The molecule has 1 aromatic heterocycles. The van der Waals surface area contributed by atoms with Crippen LogP contribution in [0, 0.1) is 13.8 Å². The first kappa shape index (κ1) is 11.3. The molecule has 1 N–H and O–H groups in total. The average Bonchev–Trinajstić information content (AvgIpc) is 3.00. The molecular weight excluding hydrogens is 226 g/mol. The monoisotopic (exact) mass is 243 g/mol. The maximum absolute atomic E-state index is 4.50. The van der Waals surface area contributed by atoms with Crippen LogP contribution in [0.2, 0.25) is 0 Å². The molecule has 2 aromatic rings. The van der Waals surface area contributed by atoms with Crippen molar-refractivity contribution < 1.29 is 0 Å². The summed E-state index contributed by atoms with van der Waals surface area (Å²) in [5.41, 5.74) is 3.36. The standard InChI is InChI=1S/C13H17N5/c1-9-5-6-10(2)12(8-9)18-16-13(15-17-18)11-4-3-7-14-11/h5-6,8,11,14H,3-4,7H2,1-2H3. The van der Waals surface area contributed by atoms with Gasteiger partial charge in [0.05, 0.1) is 11.7 Å². The van der Waals surface area contributed by atoms with Gasteiger partial charge >= 0.3 is 0 Å². The number of hydrogen-bond donors (Lipinski definition) is 1. The fraction of sp³-hybridized carbons (Fsp3) is 0.462. The Kier molecular flexibility index (Phi) is 2.83. The summed E-state index contributed by atoms with van der Waals surface area (Å²) in [6.07, 6.45) is 2.28. The van der Waals surface area contributed by atoms with Crippen molar-refractivity contribution in [3.8, 4) is 5.69 Å². The van der Waals surface area contributed by atoms with Crippen molar-refractivity contribution in [2.45, 2.75) is 32.7 Å². The zero-order valence-electron chi connectivity index (χ0n) is 10.7. The van der Waals surface area contributed by atoms with Gasteiger partial charge in [0.25, 0.3) is 0 Å². The lowest BCUT2D eigenvalue weighted by atomic mass is 10.1. The van der Waals surface area contributed by atoms with E-state index in [1.165, 1.54) is 12.0 Å². The Morgan fingerprint density at radius 2 is 2.22 bits per heavy atom. The Hall–Kier alpha value is -1.75. The molecule has 18 heavy (non-hydrogen) atoms. The molecule has 3 rings (SSSR count). The molecule has 1 atom stereocenters. The Balaban J connectivity index is 1.94. The lowest BCUT2D eigenvalue weighted by Crippen LogP contribution is -2.14. The number of tetrazole rings is 1. The van der Waals surface area contributed by atoms with Crippen LogP contribution < -0.4 is 5.32 Å². The van der Waals surface area contributed by atoms with Gasteiger partial charge in [0.2, 0.25) is 0 Å². The minimum atomic E-state index is 0.267. The van der Waals surface area contributed by atoms with Gasteiger partial charge in [-0.25, -0.2) is 0 Å². The molecule has 1 fully saturated rings. The van der Waals surface area contributed by atoms with Crippen LogP contribution in [0.25, 0.3) is 5.69 Å². The fourth-order valence-corrected chi connectivity index (χ4v) is 2.31. The second-order valence-electron chi connectivity index (χ2n) is 4.88. The van der Waals surface area contributed by atoms with E-state index in [1.807, 2.05) is 0 Å². The van der Waals surface area contributed by atoms with Gasteiger partial charge in [-0.1, -0.05) is 12.1 Å². The summed E-state index contributed by atoms with van der Waals surface area (Å²) in [7, 11) is 0. The van der Waals surface area contributed by atoms with Crippen LogP contribution in [0.5, 0.6) is 0 Å². The number of nitrogens with one attached hydrogen (secondary N) is 1. The number of aryl methyl sites for hydroxylation is 2. The molecule has 0 bridgehead atoms. The van der Waals surface area contributed by atoms with Gasteiger partial charge in [-0.2, -0.15) is 0 Å². The third-order valence-electron chi connectivity index (χ3n) is 3.38. The molecule has 2 heterocycles. The van der Waals surface area contributed by atoms with Crippen LogP contribution in [-0.2, 0) is 0 Å². The van der Waals surface area contributed by atoms with E-state index in [0.29, 0.717) is 0 Å². The minimum absolute atomic E-state index is 0.267. The highest BCUT2D eigenvalue weighted by Gasteiger charge is 2.21. The molecule has 1 aliphatic heterocycles. The minimum Gasteiger partial charge on any atom is -0.307 e. The largest absolute Gasteiger partial charge is 0.307 e. The van der Waals surface area contributed by atoms with Crippen LogP contribution in [-0.4, -0.2) is 26.8 Å². The first-order valence-corrected chi connectivity index (χ1v) is 6.35. The summed E-state index contributed by atoms with van der Waals surface area (Å²) in [6.45, 7) is 5.17. The first-order valence-electron chi connectivity index (χ1n) is 6.35. The zero-order valence-corrected chi connectivity index (χ0v) is 10.7. The van der Waals surface area contributed by atoms with Crippen molar-refractivity contribution >= 4 is 0 Å². The lowest BCUT2D eigenvalue weighted by molar-refractivity contribution is 0.602. The van der Waals surface area contributed by atoms with Gasteiger partial charge in [-0.15, -0.1) is 15.0 Å². The third kappa shape index (κ3) is 2.01. The van der Waals surface area contributed by atoms with Crippen molar-refractivity contribution in [2.24, 2.45) is 0 Å². The predicted octanol–water partition coefficient (Wildman–Crippen LogP) is 1.70. The molecule has 94 valence electrons. The van der Waals surface area contributed by atoms with Gasteiger partial charge in [-0.3, -0.25) is 0 Å². The highest BCUT2D eigenvalue weighted by molar-refractivity contribution is 5.41. The van der Waals surface area contributed by atoms with E-state index >= 15 is 0 Å². The van der Waals surface area contributed by atoms with Crippen molar-refractivity contribution in [2.75, 3.05) is 6.54 Å². The van der Waals surface area contributed by atoms with Crippen LogP contribution in [0.15, 0.2) is 18.2 Å². The molecule has 0 aliphatic carbocycles. The second-order valence-corrected chi connectivity index (χ2v) is 4.88. The molecule has 5 heteroatoms. The van der Waals surface area contributed by atoms with Gasteiger partial charge in [0, 0.05) is 0 Å². The van der Waals surface area contributed by atoms with Gasteiger partial charge in [0.15, 0.2) is 5.82 Å². The van der Waals surface area contributed by atoms with E-state index in [1.54, 1.807) is 4.80 Å². The third-order valence-corrected chi connectivity index (χ3v) is 3.38. The smallest absolute Gasteiger partial charge is 0.192 e. The Labute approximate surface area is 106 Å². The highest BCUT2D eigenvalue weighted by Crippen LogP contribution is 2.20. The predicted molar refractivity (Wildman–Crippen MR) is 68.6 cm³/mol. The van der Waals surface area contributed by atoms with Crippen molar-refractivity contribution in [3.63, 3.8) is 0 Å². The average molecular weight is 243 g/mol. The molecule has 0 spiro atoms. The van der Waals surface area contributed by atoms with E-state index < -0.39 is 0 Å². The molecule has 0 amide bonds. The van der Waals surface area contributed by atoms with Crippen LogP contribution in [0.3, 0.4) is 0 Å². The van der Waals surface area contributed by atoms with Crippen LogP contribution in [0.1, 0.15) is 35.8 Å². The molecule has 0 saturated carbocycles. The number of aromatic nitrogens is 4. The molecule has 5 nitrogen and oxygen atoms in total. The fourth-order valence-electron chi connectivity index (χ4n) is 2.31. The SMILES string of the molecule is Cc1ccc(C)c(-n2nnc(C3CCCN3)n2)c1. The topological polar surface area (TPSA) is 55.6 Å². The zero-order chi connectivity index (χ0) is 12.5. The van der Waals surface area contributed by atoms with Crippen molar-refractivity contribution in [1.82, 2.24) is 25.5 Å². The van der Waals surface area contributed by atoms with E-state index in [9.17, 15) is 0 Å². The van der Waals surface area contributed by atoms with Crippen molar-refractivity contribution in [1.29, 1.82) is 0 Å². The van der Waals surface area contributed by atoms with Gasteiger partial charge in [0.1, 0.15) is 0 Å². The van der Waals surface area contributed by atoms with E-state index in [0.717, 1.165) is 30.0 Å². The number of benzene rings is 1. The van der Waals surface area contributed by atoms with E-state index in [2.05, 4.69) is 52.8 Å². The molecule has 1 aliphatic rings. The highest BCUT2D eigenvalue weighted by atomic mass is 15.6. The first-order chi connectivity index (χ1) is 8.74. The summed E-state index contributed by atoms with van der Waals surface area (Å²) in [5.74, 6) is 0.799. The van der Waals surface area contributed by atoms with E-state index in [-0.39, 0.29) is 6.04 Å². The summed E-state index contributed by atoms with van der Waals surface area (Å²) in [5, 5.41) is 16.2. The summed E-state index contributed by atoms with van der Waals surface area (Å²) >= 11 is 0. The normalized spacial score (nSPS) is 19.3. The summed E-state index contributed by atoms with van der Waals surface area (Å²) in [6, 6.07) is 6.53. The van der Waals surface area contributed by atoms with Crippen LogP contribution >= 0.6 is 0 Å². The lowest BCUT2D eigenvalue weighted by Gasteiger charge is -2.05. The Morgan fingerprint density at radius 3 is 3.00 bits per heavy atom.